The van der Waals surface area contributed by atoms with E-state index in [9.17, 15) is 0 Å². The van der Waals surface area contributed by atoms with Crippen LogP contribution < -0.4 is 10.1 Å². The van der Waals surface area contributed by atoms with Crippen molar-refractivity contribution in [1.29, 1.82) is 0 Å². The first-order chi connectivity index (χ1) is 10.1. The van der Waals surface area contributed by atoms with Gasteiger partial charge in [0, 0.05) is 41.4 Å². The van der Waals surface area contributed by atoms with Crippen LogP contribution in [0.3, 0.4) is 0 Å². The van der Waals surface area contributed by atoms with Gasteiger partial charge in [0.25, 0.3) is 0 Å². The quantitative estimate of drug-likeness (QED) is 0.875. The van der Waals surface area contributed by atoms with E-state index in [1.165, 1.54) is 0 Å². The van der Waals surface area contributed by atoms with Gasteiger partial charge in [-0.1, -0.05) is 6.92 Å². The van der Waals surface area contributed by atoms with Gasteiger partial charge in [-0.25, -0.2) is 0 Å². The highest BCUT2D eigenvalue weighted by atomic mass is 16.5. The van der Waals surface area contributed by atoms with Crippen molar-refractivity contribution in [3.8, 4) is 5.75 Å². The molecule has 0 aliphatic carbocycles. The van der Waals surface area contributed by atoms with Gasteiger partial charge < -0.3 is 14.8 Å². The van der Waals surface area contributed by atoms with E-state index in [0.29, 0.717) is 18.1 Å². The highest BCUT2D eigenvalue weighted by Crippen LogP contribution is 2.28. The van der Waals surface area contributed by atoms with E-state index in [2.05, 4.69) is 31.1 Å². The van der Waals surface area contributed by atoms with Gasteiger partial charge in [-0.05, 0) is 33.7 Å². The fourth-order valence-electron chi connectivity index (χ4n) is 3.28. The van der Waals surface area contributed by atoms with Crippen LogP contribution in [0.2, 0.25) is 0 Å². The normalized spacial score (nSPS) is 23.3. The summed E-state index contributed by atoms with van der Waals surface area (Å²) in [6.45, 7) is 10.3. The number of rotatable bonds is 6. The lowest BCUT2D eigenvalue weighted by molar-refractivity contribution is 0.117. The molecule has 4 nitrogen and oxygen atoms in total. The van der Waals surface area contributed by atoms with Gasteiger partial charge in [0.05, 0.1) is 19.8 Å². The van der Waals surface area contributed by atoms with Gasteiger partial charge in [-0.2, -0.15) is 0 Å². The van der Waals surface area contributed by atoms with Gasteiger partial charge in [-0.3, -0.25) is 4.98 Å². The molecule has 1 aromatic heterocycles. The Bertz CT molecular complexity index is 476. The summed E-state index contributed by atoms with van der Waals surface area (Å²) in [5, 5.41) is 3.61. The molecule has 0 amide bonds. The molecule has 3 unspecified atom stereocenters. The molecule has 0 saturated carbocycles. The molecule has 2 rings (SSSR count). The average molecular weight is 292 g/mol. The lowest BCUT2D eigenvalue weighted by Crippen LogP contribution is -2.38. The highest BCUT2D eigenvalue weighted by molar-refractivity contribution is 5.41. The van der Waals surface area contributed by atoms with E-state index < -0.39 is 0 Å². The molecule has 118 valence electrons. The summed E-state index contributed by atoms with van der Waals surface area (Å²) < 4.78 is 11.3. The molecule has 0 radical (unpaired) electrons. The van der Waals surface area contributed by atoms with Crippen molar-refractivity contribution in [2.75, 3.05) is 20.3 Å². The molecule has 2 heterocycles. The minimum absolute atomic E-state index is 0.373. The Morgan fingerprint density at radius 3 is 2.81 bits per heavy atom. The Kier molecular flexibility index (Phi) is 5.59. The van der Waals surface area contributed by atoms with E-state index in [-0.39, 0.29) is 0 Å². The van der Waals surface area contributed by atoms with E-state index in [0.717, 1.165) is 48.6 Å². The molecule has 4 heteroatoms. The van der Waals surface area contributed by atoms with E-state index >= 15 is 0 Å². The maximum absolute atomic E-state index is 5.74. The Hall–Kier alpha value is -1.13. The maximum Gasteiger partial charge on any atom is 0.128 e. The summed E-state index contributed by atoms with van der Waals surface area (Å²) >= 11 is 0. The van der Waals surface area contributed by atoms with Crippen LogP contribution >= 0.6 is 0 Å². The highest BCUT2D eigenvalue weighted by Gasteiger charge is 2.30. The van der Waals surface area contributed by atoms with Gasteiger partial charge >= 0.3 is 0 Å². The van der Waals surface area contributed by atoms with Crippen molar-refractivity contribution in [2.24, 2.45) is 5.92 Å². The predicted octanol–water partition coefficient (Wildman–Crippen LogP) is 2.65. The molecule has 21 heavy (non-hydrogen) atoms. The second kappa shape index (κ2) is 7.23. The Morgan fingerprint density at radius 2 is 2.24 bits per heavy atom. The third-order valence-electron chi connectivity index (χ3n) is 4.43. The van der Waals surface area contributed by atoms with Crippen LogP contribution in [0.25, 0.3) is 0 Å². The second-order valence-electron chi connectivity index (χ2n) is 6.05. The van der Waals surface area contributed by atoms with Gasteiger partial charge in [0.1, 0.15) is 5.75 Å². The van der Waals surface area contributed by atoms with Crippen molar-refractivity contribution in [1.82, 2.24) is 10.3 Å². The van der Waals surface area contributed by atoms with Crippen LogP contribution in [0.15, 0.2) is 6.20 Å². The molecule has 1 aliphatic heterocycles. The van der Waals surface area contributed by atoms with Crippen LogP contribution in [0.5, 0.6) is 5.75 Å². The van der Waals surface area contributed by atoms with Crippen LogP contribution in [-0.4, -0.2) is 37.4 Å². The van der Waals surface area contributed by atoms with Gasteiger partial charge in [0.15, 0.2) is 0 Å². The predicted molar refractivity (Wildman–Crippen MR) is 85.0 cm³/mol. The Balaban J connectivity index is 2.17. The molecule has 1 fully saturated rings. The summed E-state index contributed by atoms with van der Waals surface area (Å²) in [4.78, 5) is 4.64. The van der Waals surface area contributed by atoms with E-state index in [4.69, 9.17) is 9.47 Å². The second-order valence-corrected chi connectivity index (χ2v) is 6.05. The standard InChI is InChI=1S/C17H28N2O2/c1-6-18-16(14-7-12(3)21-10-14)8-15-13(4)17(20-5)11(2)9-19-15/h9,12,14,16,18H,6-8,10H2,1-5H3. The molecule has 0 bridgehead atoms. The SMILES string of the molecule is CCNC(Cc1ncc(C)c(OC)c1C)C1COC(C)C1. The molecule has 0 spiro atoms. The van der Waals surface area contributed by atoms with Crippen molar-refractivity contribution < 1.29 is 9.47 Å². The molecular weight excluding hydrogens is 264 g/mol. The number of hydrogen-bond donors (Lipinski definition) is 1. The first kappa shape index (κ1) is 16.2. The average Bonchev–Trinajstić information content (AvgIpc) is 2.88. The van der Waals surface area contributed by atoms with Crippen LogP contribution in [0.4, 0.5) is 0 Å². The number of hydrogen-bond acceptors (Lipinski definition) is 4. The Morgan fingerprint density at radius 1 is 1.48 bits per heavy atom. The molecule has 1 N–H and O–H groups in total. The zero-order valence-corrected chi connectivity index (χ0v) is 13.9. The van der Waals surface area contributed by atoms with Crippen molar-refractivity contribution in [2.45, 2.75) is 52.7 Å². The summed E-state index contributed by atoms with van der Waals surface area (Å²) in [7, 11) is 1.73. The topological polar surface area (TPSA) is 43.4 Å². The van der Waals surface area contributed by atoms with Crippen LogP contribution in [0, 0.1) is 19.8 Å². The summed E-state index contributed by atoms with van der Waals surface area (Å²) in [6, 6.07) is 0.415. The fourth-order valence-corrected chi connectivity index (χ4v) is 3.28. The first-order valence-electron chi connectivity index (χ1n) is 7.90. The molecular formula is C17H28N2O2. The lowest BCUT2D eigenvalue weighted by Gasteiger charge is -2.24. The molecule has 1 aromatic rings. The largest absolute Gasteiger partial charge is 0.496 e. The van der Waals surface area contributed by atoms with Crippen molar-refractivity contribution in [3.63, 3.8) is 0 Å². The van der Waals surface area contributed by atoms with Crippen molar-refractivity contribution >= 4 is 0 Å². The summed E-state index contributed by atoms with van der Waals surface area (Å²) in [6.07, 6.45) is 4.34. The zero-order chi connectivity index (χ0) is 15.4. The monoisotopic (exact) mass is 292 g/mol. The summed E-state index contributed by atoms with van der Waals surface area (Å²) in [5.74, 6) is 1.53. The summed E-state index contributed by atoms with van der Waals surface area (Å²) in [5.41, 5.74) is 3.38. The minimum Gasteiger partial charge on any atom is -0.496 e. The number of aryl methyl sites for hydroxylation is 1. The number of pyridine rings is 1. The van der Waals surface area contributed by atoms with Crippen LogP contribution in [-0.2, 0) is 11.2 Å². The zero-order valence-electron chi connectivity index (χ0n) is 13.9. The van der Waals surface area contributed by atoms with Crippen LogP contribution in [0.1, 0.15) is 37.1 Å². The molecule has 1 aliphatic rings. The molecule has 0 aromatic carbocycles. The third kappa shape index (κ3) is 3.74. The van der Waals surface area contributed by atoms with E-state index in [1.54, 1.807) is 7.11 Å². The van der Waals surface area contributed by atoms with Gasteiger partial charge in [0.2, 0.25) is 0 Å². The number of nitrogens with one attached hydrogen (secondary N) is 1. The molecule has 1 saturated heterocycles. The Labute approximate surface area is 128 Å². The smallest absolute Gasteiger partial charge is 0.128 e. The fraction of sp³-hybridized carbons (Fsp3) is 0.706. The van der Waals surface area contributed by atoms with Gasteiger partial charge in [-0.15, -0.1) is 0 Å². The number of methoxy groups -OCH3 is 1. The minimum atomic E-state index is 0.373. The maximum atomic E-state index is 5.74. The number of likely N-dealkylation sites (N-methyl/N-ethyl adjacent to an activating group) is 1. The van der Waals surface area contributed by atoms with E-state index in [1.807, 2.05) is 13.1 Å². The number of ether oxygens (including phenoxy) is 2. The van der Waals surface area contributed by atoms with Crippen molar-refractivity contribution in [3.05, 3.63) is 23.0 Å². The first-order valence-corrected chi connectivity index (χ1v) is 7.90. The lowest BCUT2D eigenvalue weighted by atomic mass is 9.91. The number of aromatic nitrogens is 1. The number of nitrogens with zero attached hydrogens (tertiary/aromatic N) is 1. The third-order valence-corrected chi connectivity index (χ3v) is 4.43. The molecule has 3 atom stereocenters.